The van der Waals surface area contributed by atoms with Crippen molar-refractivity contribution in [1.29, 1.82) is 0 Å². The summed E-state index contributed by atoms with van der Waals surface area (Å²) in [5.74, 6) is 0.214. The topological polar surface area (TPSA) is 121 Å². The molecule has 9 nitrogen and oxygen atoms in total. The number of amides is 1. The van der Waals surface area contributed by atoms with Gasteiger partial charge in [-0.3, -0.25) is 14.7 Å². The lowest BCUT2D eigenvalue weighted by Gasteiger charge is -2.32. The Balaban J connectivity index is 0.00000450. The fourth-order valence-corrected chi connectivity index (χ4v) is 2.91. The second kappa shape index (κ2) is 12.7. The SMILES string of the molecule is CCNC(=NCCNc1nccc(C(F)(F)F)n1)NC1CCN(CC(N)=O)CC1.I. The van der Waals surface area contributed by atoms with Gasteiger partial charge in [0.1, 0.15) is 5.69 Å². The first-order valence-corrected chi connectivity index (χ1v) is 9.47. The Morgan fingerprint density at radius 1 is 1.37 bits per heavy atom. The molecule has 1 aromatic heterocycles. The van der Waals surface area contributed by atoms with E-state index in [1.807, 2.05) is 11.8 Å². The third-order valence-corrected chi connectivity index (χ3v) is 4.26. The zero-order valence-electron chi connectivity index (χ0n) is 16.7. The molecule has 13 heteroatoms. The van der Waals surface area contributed by atoms with Crippen molar-refractivity contribution in [3.8, 4) is 0 Å². The van der Waals surface area contributed by atoms with Gasteiger partial charge in [-0.1, -0.05) is 0 Å². The number of nitrogens with one attached hydrogen (secondary N) is 3. The van der Waals surface area contributed by atoms with Crippen molar-refractivity contribution in [2.24, 2.45) is 10.7 Å². The van der Waals surface area contributed by atoms with Crippen LogP contribution < -0.4 is 21.7 Å². The molecule has 1 amide bonds. The first-order chi connectivity index (χ1) is 13.8. The van der Waals surface area contributed by atoms with Crippen LogP contribution in [-0.2, 0) is 11.0 Å². The minimum Gasteiger partial charge on any atom is -0.369 e. The summed E-state index contributed by atoms with van der Waals surface area (Å²) in [6, 6.07) is 1.04. The molecule has 5 N–H and O–H groups in total. The minimum atomic E-state index is -4.51. The van der Waals surface area contributed by atoms with Gasteiger partial charge in [-0.25, -0.2) is 9.97 Å². The van der Waals surface area contributed by atoms with Crippen LogP contribution in [0.5, 0.6) is 0 Å². The number of hydrogen-bond acceptors (Lipinski definition) is 6. The molecule has 1 fully saturated rings. The van der Waals surface area contributed by atoms with Crippen LogP contribution in [0, 0.1) is 0 Å². The van der Waals surface area contributed by atoms with Crippen LogP contribution in [0.2, 0.25) is 0 Å². The largest absolute Gasteiger partial charge is 0.433 e. The highest BCUT2D eigenvalue weighted by Gasteiger charge is 2.32. The number of carbonyl (C=O) groups is 1. The maximum atomic E-state index is 12.7. The first-order valence-electron chi connectivity index (χ1n) is 9.47. The van der Waals surface area contributed by atoms with Gasteiger partial charge >= 0.3 is 6.18 Å². The predicted octanol–water partition coefficient (Wildman–Crippen LogP) is 1.03. The van der Waals surface area contributed by atoms with Gasteiger partial charge in [0.25, 0.3) is 0 Å². The molecule has 0 radical (unpaired) electrons. The van der Waals surface area contributed by atoms with E-state index in [1.165, 1.54) is 0 Å². The molecule has 0 spiro atoms. The van der Waals surface area contributed by atoms with Gasteiger partial charge in [-0.05, 0) is 25.8 Å². The van der Waals surface area contributed by atoms with Crippen molar-refractivity contribution < 1.29 is 18.0 Å². The lowest BCUT2D eigenvalue weighted by atomic mass is 10.1. The fourth-order valence-electron chi connectivity index (χ4n) is 2.91. The quantitative estimate of drug-likeness (QED) is 0.167. The third kappa shape index (κ3) is 9.28. The average Bonchev–Trinajstić information content (AvgIpc) is 2.66. The average molecular weight is 544 g/mol. The number of carbonyl (C=O) groups excluding carboxylic acids is 1. The Bertz CT molecular complexity index is 696. The number of alkyl halides is 3. The van der Waals surface area contributed by atoms with Crippen LogP contribution in [0.3, 0.4) is 0 Å². The molecule has 30 heavy (non-hydrogen) atoms. The summed E-state index contributed by atoms with van der Waals surface area (Å²) in [7, 11) is 0. The Kier molecular flexibility index (Phi) is 11.1. The number of aromatic nitrogens is 2. The zero-order chi connectivity index (χ0) is 21.3. The van der Waals surface area contributed by atoms with Crippen molar-refractivity contribution >= 4 is 41.8 Å². The Labute approximate surface area is 190 Å². The van der Waals surface area contributed by atoms with E-state index in [1.54, 1.807) is 0 Å². The third-order valence-electron chi connectivity index (χ3n) is 4.26. The summed E-state index contributed by atoms with van der Waals surface area (Å²) in [5.41, 5.74) is 4.23. The summed E-state index contributed by atoms with van der Waals surface area (Å²) in [6.45, 7) is 5.05. The molecule has 1 saturated heterocycles. The van der Waals surface area contributed by atoms with E-state index in [4.69, 9.17) is 5.73 Å². The summed E-state index contributed by atoms with van der Waals surface area (Å²) < 4.78 is 38.0. The summed E-state index contributed by atoms with van der Waals surface area (Å²) in [4.78, 5) is 24.7. The molecule has 0 aromatic carbocycles. The first kappa shape index (κ1) is 26.1. The van der Waals surface area contributed by atoms with Crippen molar-refractivity contribution in [3.63, 3.8) is 0 Å². The van der Waals surface area contributed by atoms with Gasteiger partial charge in [0, 0.05) is 38.4 Å². The second-order valence-corrected chi connectivity index (χ2v) is 6.61. The van der Waals surface area contributed by atoms with Gasteiger partial charge < -0.3 is 21.7 Å². The van der Waals surface area contributed by atoms with E-state index in [-0.39, 0.29) is 55.0 Å². The van der Waals surface area contributed by atoms with Crippen molar-refractivity contribution in [3.05, 3.63) is 18.0 Å². The molecular weight excluding hydrogens is 516 g/mol. The highest BCUT2D eigenvalue weighted by Crippen LogP contribution is 2.27. The van der Waals surface area contributed by atoms with E-state index < -0.39 is 11.9 Å². The lowest BCUT2D eigenvalue weighted by molar-refractivity contribution is -0.141. The van der Waals surface area contributed by atoms with Crippen LogP contribution >= 0.6 is 24.0 Å². The van der Waals surface area contributed by atoms with Gasteiger partial charge in [0.15, 0.2) is 5.96 Å². The number of nitrogens with two attached hydrogens (primary N) is 1. The van der Waals surface area contributed by atoms with E-state index in [0.717, 1.165) is 38.2 Å². The summed E-state index contributed by atoms with van der Waals surface area (Å²) >= 11 is 0. The number of halogens is 4. The number of hydrogen-bond donors (Lipinski definition) is 4. The van der Waals surface area contributed by atoms with Gasteiger partial charge in [0.05, 0.1) is 13.1 Å². The number of rotatable bonds is 8. The van der Waals surface area contributed by atoms with Crippen molar-refractivity contribution in [2.45, 2.75) is 32.0 Å². The number of anilines is 1. The fraction of sp³-hybridized carbons (Fsp3) is 0.647. The molecule has 0 unspecified atom stereocenters. The van der Waals surface area contributed by atoms with E-state index >= 15 is 0 Å². The van der Waals surface area contributed by atoms with E-state index in [2.05, 4.69) is 30.9 Å². The number of primary amides is 1. The van der Waals surface area contributed by atoms with Crippen molar-refractivity contribution in [2.75, 3.05) is 44.6 Å². The van der Waals surface area contributed by atoms with Crippen LogP contribution in [0.15, 0.2) is 17.3 Å². The lowest BCUT2D eigenvalue weighted by Crippen LogP contribution is -2.49. The minimum absolute atomic E-state index is 0. The van der Waals surface area contributed by atoms with Crippen molar-refractivity contribution in [1.82, 2.24) is 25.5 Å². The van der Waals surface area contributed by atoms with Crippen LogP contribution in [0.1, 0.15) is 25.5 Å². The molecule has 2 heterocycles. The molecule has 170 valence electrons. The number of guanidine groups is 1. The molecule has 0 bridgehead atoms. The van der Waals surface area contributed by atoms with E-state index in [0.29, 0.717) is 19.0 Å². The summed E-state index contributed by atoms with van der Waals surface area (Å²) in [5, 5.41) is 9.24. The maximum Gasteiger partial charge on any atom is 0.433 e. The molecule has 0 aliphatic carbocycles. The zero-order valence-corrected chi connectivity index (χ0v) is 19.0. The van der Waals surface area contributed by atoms with Gasteiger partial charge in [-0.15, -0.1) is 24.0 Å². The molecule has 1 aliphatic rings. The van der Waals surface area contributed by atoms with Crippen LogP contribution in [-0.4, -0.2) is 72.0 Å². The van der Waals surface area contributed by atoms with E-state index in [9.17, 15) is 18.0 Å². The molecule has 1 aliphatic heterocycles. The normalized spacial score (nSPS) is 15.9. The standard InChI is InChI=1S/C17H27F3N8O.HI/c1-2-22-15(26-12-4-9-28(10-5-12)11-14(21)29)24-7-8-25-16-23-6-3-13(27-16)17(18,19)20;/h3,6,12H,2,4-5,7-11H2,1H3,(H2,21,29)(H2,22,24,26)(H,23,25,27);1H. The number of nitrogens with zero attached hydrogens (tertiary/aromatic N) is 4. The van der Waals surface area contributed by atoms with Crippen LogP contribution in [0.4, 0.5) is 19.1 Å². The Hall–Kier alpha value is -1.90. The van der Waals surface area contributed by atoms with Gasteiger partial charge in [-0.2, -0.15) is 13.2 Å². The molecule has 0 atom stereocenters. The second-order valence-electron chi connectivity index (χ2n) is 6.61. The molecule has 1 aromatic rings. The van der Waals surface area contributed by atoms with Gasteiger partial charge in [0.2, 0.25) is 11.9 Å². The Morgan fingerprint density at radius 3 is 2.67 bits per heavy atom. The maximum absolute atomic E-state index is 12.7. The monoisotopic (exact) mass is 544 g/mol. The highest BCUT2D eigenvalue weighted by molar-refractivity contribution is 14.0. The molecular formula is C17H28F3IN8O. The summed E-state index contributed by atoms with van der Waals surface area (Å²) in [6.07, 6.45) is -1.73. The highest BCUT2D eigenvalue weighted by atomic mass is 127. The Morgan fingerprint density at radius 2 is 2.07 bits per heavy atom. The number of aliphatic imine (C=N–C) groups is 1. The molecule has 2 rings (SSSR count). The smallest absolute Gasteiger partial charge is 0.369 e. The molecule has 0 saturated carbocycles. The van der Waals surface area contributed by atoms with Crippen LogP contribution in [0.25, 0.3) is 0 Å². The predicted molar refractivity (Wildman–Crippen MR) is 119 cm³/mol. The number of piperidine rings is 1. The number of likely N-dealkylation sites (tertiary alicyclic amines) is 1.